The Morgan fingerprint density at radius 3 is 2.60 bits per heavy atom. The van der Waals surface area contributed by atoms with Gasteiger partial charge >= 0.3 is 0 Å². The lowest BCUT2D eigenvalue weighted by atomic mass is 10.1. The maximum atomic E-state index is 11.3. The molecule has 0 radical (unpaired) electrons. The predicted octanol–water partition coefficient (Wildman–Crippen LogP) is 1.28. The number of nitrogens with zero attached hydrogens (tertiary/aromatic N) is 3. The van der Waals surface area contributed by atoms with Crippen LogP contribution in [0.25, 0.3) is 11.3 Å². The zero-order valence-electron chi connectivity index (χ0n) is 8.66. The zero-order valence-corrected chi connectivity index (χ0v) is 8.66. The second kappa shape index (κ2) is 3.30. The molecule has 0 spiro atoms. The second-order valence-electron chi connectivity index (χ2n) is 3.28. The van der Waals surface area contributed by atoms with E-state index < -0.39 is 0 Å². The van der Waals surface area contributed by atoms with E-state index in [4.69, 9.17) is 4.52 Å². The molecule has 0 aliphatic rings. The van der Waals surface area contributed by atoms with E-state index in [0.29, 0.717) is 22.8 Å². The minimum atomic E-state index is -0.140. The average molecular weight is 206 g/mol. The Hall–Kier alpha value is -1.98. The van der Waals surface area contributed by atoms with Gasteiger partial charge in [-0.1, -0.05) is 5.16 Å². The van der Waals surface area contributed by atoms with Gasteiger partial charge in [-0.05, 0) is 13.8 Å². The lowest BCUT2D eigenvalue weighted by Crippen LogP contribution is -1.96. The van der Waals surface area contributed by atoms with Crippen molar-refractivity contribution in [1.82, 2.24) is 20.6 Å². The highest BCUT2D eigenvalue weighted by atomic mass is 16.5. The van der Waals surface area contributed by atoms with E-state index in [-0.39, 0.29) is 5.78 Å². The van der Waals surface area contributed by atoms with Gasteiger partial charge in [0, 0.05) is 6.92 Å². The number of ketones is 1. The fraction of sp³-hybridized carbons (Fsp3) is 0.333. The van der Waals surface area contributed by atoms with E-state index in [2.05, 4.69) is 20.6 Å². The van der Waals surface area contributed by atoms with Crippen molar-refractivity contribution < 1.29 is 9.32 Å². The molecule has 0 amide bonds. The molecule has 15 heavy (non-hydrogen) atoms. The van der Waals surface area contributed by atoms with Crippen molar-refractivity contribution >= 4 is 5.78 Å². The Kier molecular flexibility index (Phi) is 2.11. The van der Waals surface area contributed by atoms with Gasteiger partial charge < -0.3 is 4.52 Å². The summed E-state index contributed by atoms with van der Waals surface area (Å²) in [5.74, 6) is 0.489. The van der Waals surface area contributed by atoms with Crippen LogP contribution in [0, 0.1) is 13.8 Å². The maximum Gasteiger partial charge on any atom is 0.182 e. The van der Waals surface area contributed by atoms with Crippen molar-refractivity contribution in [3.05, 3.63) is 17.1 Å². The molecule has 78 valence electrons. The molecular formula is C9H10N4O2. The van der Waals surface area contributed by atoms with Crippen LogP contribution < -0.4 is 0 Å². The number of carbonyl (C=O) groups is 1. The molecule has 0 unspecified atom stereocenters. The molecule has 1 N–H and O–H groups in total. The van der Waals surface area contributed by atoms with Crippen LogP contribution in [0.4, 0.5) is 0 Å². The molecule has 2 rings (SSSR count). The van der Waals surface area contributed by atoms with E-state index in [9.17, 15) is 4.79 Å². The SMILES string of the molecule is CC(=O)c1n[nH]nc1-c1c(C)noc1C. The number of carbonyl (C=O) groups excluding carboxylic acids is 1. The summed E-state index contributed by atoms with van der Waals surface area (Å²) < 4.78 is 5.01. The van der Waals surface area contributed by atoms with Gasteiger partial charge in [-0.3, -0.25) is 4.79 Å². The number of nitrogens with one attached hydrogen (secondary N) is 1. The molecule has 6 nitrogen and oxygen atoms in total. The van der Waals surface area contributed by atoms with Crippen LogP contribution in [0.1, 0.15) is 28.9 Å². The summed E-state index contributed by atoms with van der Waals surface area (Å²) >= 11 is 0. The van der Waals surface area contributed by atoms with Crippen LogP contribution >= 0.6 is 0 Å². The van der Waals surface area contributed by atoms with Crippen LogP contribution in [0.2, 0.25) is 0 Å². The van der Waals surface area contributed by atoms with Gasteiger partial charge in [0.25, 0.3) is 0 Å². The normalized spacial score (nSPS) is 10.6. The topological polar surface area (TPSA) is 84.7 Å². The highest BCUT2D eigenvalue weighted by Gasteiger charge is 2.20. The molecule has 2 aromatic heterocycles. The van der Waals surface area contributed by atoms with Gasteiger partial charge in [-0.25, -0.2) is 0 Å². The molecule has 0 aromatic carbocycles. The fourth-order valence-corrected chi connectivity index (χ4v) is 1.47. The van der Waals surface area contributed by atoms with E-state index >= 15 is 0 Å². The van der Waals surface area contributed by atoms with Crippen LogP contribution in [-0.2, 0) is 0 Å². The fourth-order valence-electron chi connectivity index (χ4n) is 1.47. The summed E-state index contributed by atoms with van der Waals surface area (Å²) in [5.41, 5.74) is 2.24. The molecule has 0 fully saturated rings. The number of hydrogen-bond donors (Lipinski definition) is 1. The third-order valence-corrected chi connectivity index (χ3v) is 2.15. The monoisotopic (exact) mass is 206 g/mol. The summed E-state index contributed by atoms with van der Waals surface area (Å²) in [4.78, 5) is 11.3. The lowest BCUT2D eigenvalue weighted by molar-refractivity contribution is 0.101. The van der Waals surface area contributed by atoms with Crippen molar-refractivity contribution in [2.75, 3.05) is 0 Å². The molecule has 0 saturated heterocycles. The number of aromatic nitrogens is 4. The van der Waals surface area contributed by atoms with Crippen LogP contribution in [0.3, 0.4) is 0 Å². The van der Waals surface area contributed by atoms with Crippen molar-refractivity contribution in [2.45, 2.75) is 20.8 Å². The van der Waals surface area contributed by atoms with Crippen molar-refractivity contribution in [2.24, 2.45) is 0 Å². The number of rotatable bonds is 2. The summed E-state index contributed by atoms with van der Waals surface area (Å²) in [7, 11) is 0. The van der Waals surface area contributed by atoms with E-state index in [0.717, 1.165) is 5.56 Å². The largest absolute Gasteiger partial charge is 0.361 e. The molecule has 0 aliphatic heterocycles. The van der Waals surface area contributed by atoms with Crippen molar-refractivity contribution in [1.29, 1.82) is 0 Å². The standard InChI is InChI=1S/C9H10N4O2/c1-4-7(6(3)15-12-4)9-8(5(2)14)10-13-11-9/h1-3H3,(H,10,11,13). The minimum absolute atomic E-state index is 0.140. The third-order valence-electron chi connectivity index (χ3n) is 2.15. The first-order chi connectivity index (χ1) is 7.11. The molecular weight excluding hydrogens is 196 g/mol. The number of aromatic amines is 1. The van der Waals surface area contributed by atoms with Crippen LogP contribution in [0.15, 0.2) is 4.52 Å². The van der Waals surface area contributed by atoms with Crippen LogP contribution in [-0.4, -0.2) is 26.4 Å². The Labute approximate surface area is 85.7 Å². The Morgan fingerprint density at radius 2 is 2.07 bits per heavy atom. The van der Waals surface area contributed by atoms with E-state index in [1.54, 1.807) is 13.8 Å². The average Bonchev–Trinajstić information content (AvgIpc) is 2.73. The van der Waals surface area contributed by atoms with Gasteiger partial charge in [0.05, 0.1) is 11.3 Å². The molecule has 6 heteroatoms. The lowest BCUT2D eigenvalue weighted by Gasteiger charge is -1.95. The quantitative estimate of drug-likeness (QED) is 0.748. The van der Waals surface area contributed by atoms with Crippen molar-refractivity contribution in [3.8, 4) is 11.3 Å². The molecule has 0 atom stereocenters. The number of Topliss-reactive ketones (excluding diaryl/α,β-unsaturated/α-hetero) is 1. The highest BCUT2D eigenvalue weighted by molar-refractivity contribution is 5.98. The summed E-state index contributed by atoms with van der Waals surface area (Å²) in [6, 6.07) is 0. The van der Waals surface area contributed by atoms with Gasteiger partial charge in [0.15, 0.2) is 11.5 Å². The maximum absolute atomic E-state index is 11.3. The second-order valence-corrected chi connectivity index (χ2v) is 3.28. The highest BCUT2D eigenvalue weighted by Crippen LogP contribution is 2.26. The molecule has 0 aliphatic carbocycles. The smallest absolute Gasteiger partial charge is 0.182 e. The Bertz CT molecular complexity index is 492. The first-order valence-electron chi connectivity index (χ1n) is 4.46. The number of aryl methyl sites for hydroxylation is 2. The summed E-state index contributed by atoms with van der Waals surface area (Å²) in [5, 5.41) is 14.0. The summed E-state index contributed by atoms with van der Waals surface area (Å²) in [6.07, 6.45) is 0. The molecule has 0 bridgehead atoms. The third kappa shape index (κ3) is 1.43. The first kappa shape index (κ1) is 9.57. The molecule has 2 heterocycles. The van der Waals surface area contributed by atoms with E-state index in [1.807, 2.05) is 0 Å². The van der Waals surface area contributed by atoms with Gasteiger partial charge in [0.1, 0.15) is 11.5 Å². The van der Waals surface area contributed by atoms with Gasteiger partial charge in [-0.15, -0.1) is 0 Å². The Balaban J connectivity index is 2.64. The number of hydrogen-bond acceptors (Lipinski definition) is 5. The van der Waals surface area contributed by atoms with Gasteiger partial charge in [-0.2, -0.15) is 15.4 Å². The summed E-state index contributed by atoms with van der Waals surface area (Å²) in [6.45, 7) is 5.01. The van der Waals surface area contributed by atoms with Gasteiger partial charge in [0.2, 0.25) is 0 Å². The molecule has 2 aromatic rings. The zero-order chi connectivity index (χ0) is 11.0. The first-order valence-corrected chi connectivity index (χ1v) is 4.46. The predicted molar refractivity (Wildman–Crippen MR) is 51.4 cm³/mol. The van der Waals surface area contributed by atoms with Crippen LogP contribution in [0.5, 0.6) is 0 Å². The van der Waals surface area contributed by atoms with E-state index in [1.165, 1.54) is 6.92 Å². The number of H-pyrrole nitrogens is 1. The molecule has 0 saturated carbocycles. The minimum Gasteiger partial charge on any atom is -0.361 e. The Morgan fingerprint density at radius 1 is 1.33 bits per heavy atom. The van der Waals surface area contributed by atoms with Crippen molar-refractivity contribution in [3.63, 3.8) is 0 Å².